The maximum Gasteiger partial charge on any atom is 0.000375 e. The molecule has 0 aromatic rings. The largest absolute Gasteiger partial charge is 0.306 e. The summed E-state index contributed by atoms with van der Waals surface area (Å²) in [5.41, 5.74) is 0. The minimum Gasteiger partial charge on any atom is -0.306 e. The molecule has 0 aromatic carbocycles. The van der Waals surface area contributed by atoms with Crippen molar-refractivity contribution in [3.63, 3.8) is 0 Å². The van der Waals surface area contributed by atoms with Crippen LogP contribution in [0, 0.1) is 5.92 Å². The van der Waals surface area contributed by atoms with E-state index in [1.165, 1.54) is 19.5 Å². The fourth-order valence-corrected chi connectivity index (χ4v) is 0.790. The number of rotatable bonds is 4. The molecule has 0 aliphatic heterocycles. The Labute approximate surface area is 72.8 Å². The normalized spacial score (nSPS) is 12.3. The minimum atomic E-state index is 0.856. The number of nitrogens with zero attached hydrogens (tertiary/aromatic N) is 1. The van der Waals surface area contributed by atoms with Crippen molar-refractivity contribution in [1.29, 1.82) is 0 Å². The van der Waals surface area contributed by atoms with Crippen LogP contribution >= 0.6 is 0 Å². The Kier molecular flexibility index (Phi) is 12.3. The van der Waals surface area contributed by atoms with Crippen LogP contribution in [0.4, 0.5) is 0 Å². The van der Waals surface area contributed by atoms with Crippen LogP contribution < -0.4 is 0 Å². The van der Waals surface area contributed by atoms with Crippen LogP contribution in [0.1, 0.15) is 41.0 Å². The van der Waals surface area contributed by atoms with E-state index >= 15 is 0 Å². The number of hydrogen-bond donors (Lipinski definition) is 0. The van der Waals surface area contributed by atoms with E-state index < -0.39 is 0 Å². The van der Waals surface area contributed by atoms with Crippen LogP contribution in [-0.4, -0.2) is 25.0 Å². The third-order valence-corrected chi connectivity index (χ3v) is 1.86. The van der Waals surface area contributed by atoms with Crippen LogP contribution in [0.5, 0.6) is 0 Å². The number of hydrogen-bond acceptors (Lipinski definition) is 1. The Balaban J connectivity index is 0. The lowest BCUT2D eigenvalue weighted by Gasteiger charge is -2.17. The van der Waals surface area contributed by atoms with E-state index in [0.717, 1.165) is 5.92 Å². The molecule has 0 amide bonds. The summed E-state index contributed by atoms with van der Waals surface area (Å²) in [7, 11) is 2.17. The first-order chi connectivity index (χ1) is 5.20. The molecule has 0 N–H and O–H groups in total. The zero-order valence-electron chi connectivity index (χ0n) is 9.15. The lowest BCUT2D eigenvalue weighted by Crippen LogP contribution is -2.23. The summed E-state index contributed by atoms with van der Waals surface area (Å²) in [6.45, 7) is 13.2. The van der Waals surface area contributed by atoms with E-state index in [-0.39, 0.29) is 0 Å². The zero-order valence-corrected chi connectivity index (χ0v) is 9.15. The summed E-state index contributed by atoms with van der Waals surface area (Å²) in [5, 5.41) is 0. The second-order valence-corrected chi connectivity index (χ2v) is 2.87. The molecule has 0 heterocycles. The third-order valence-electron chi connectivity index (χ3n) is 1.86. The van der Waals surface area contributed by atoms with Crippen molar-refractivity contribution in [2.24, 2.45) is 5.92 Å². The molecule has 0 fully saturated rings. The second kappa shape index (κ2) is 9.96. The van der Waals surface area contributed by atoms with Gasteiger partial charge in [0.15, 0.2) is 0 Å². The first kappa shape index (κ1) is 13.5. The molecule has 0 aromatic heterocycles. The van der Waals surface area contributed by atoms with Gasteiger partial charge in [-0.15, -0.1) is 0 Å². The highest BCUT2D eigenvalue weighted by Crippen LogP contribution is 2.01. The van der Waals surface area contributed by atoms with E-state index in [0.29, 0.717) is 0 Å². The molecule has 70 valence electrons. The van der Waals surface area contributed by atoms with Gasteiger partial charge in [0.25, 0.3) is 0 Å². The van der Waals surface area contributed by atoms with Gasteiger partial charge in [0, 0.05) is 6.54 Å². The lowest BCUT2D eigenvalue weighted by molar-refractivity contribution is 0.295. The highest BCUT2D eigenvalue weighted by Gasteiger charge is 2.00. The van der Waals surface area contributed by atoms with Crippen LogP contribution in [0.25, 0.3) is 0 Å². The quantitative estimate of drug-likeness (QED) is 0.609. The molecule has 0 radical (unpaired) electrons. The topological polar surface area (TPSA) is 3.24 Å². The SMILES string of the molecule is CC.CC[C@@H](C)CN(C)CC. The summed E-state index contributed by atoms with van der Waals surface area (Å²) >= 11 is 0. The van der Waals surface area contributed by atoms with Gasteiger partial charge < -0.3 is 4.90 Å². The predicted octanol–water partition coefficient (Wildman–Crippen LogP) is 3.01. The van der Waals surface area contributed by atoms with Crippen molar-refractivity contribution in [2.45, 2.75) is 41.0 Å². The summed E-state index contributed by atoms with van der Waals surface area (Å²) in [5.74, 6) is 0.856. The minimum absolute atomic E-state index is 0.856. The van der Waals surface area contributed by atoms with Crippen LogP contribution in [0.2, 0.25) is 0 Å². The zero-order chi connectivity index (χ0) is 9.28. The monoisotopic (exact) mass is 159 g/mol. The van der Waals surface area contributed by atoms with E-state index in [1.807, 2.05) is 13.8 Å². The van der Waals surface area contributed by atoms with Crippen molar-refractivity contribution in [2.75, 3.05) is 20.1 Å². The smallest absolute Gasteiger partial charge is 0.000375 e. The highest BCUT2D eigenvalue weighted by molar-refractivity contribution is 4.54. The van der Waals surface area contributed by atoms with Crippen molar-refractivity contribution in [3.8, 4) is 0 Å². The van der Waals surface area contributed by atoms with E-state index in [2.05, 4.69) is 32.7 Å². The van der Waals surface area contributed by atoms with Crippen molar-refractivity contribution in [3.05, 3.63) is 0 Å². The Morgan fingerprint density at radius 1 is 1.18 bits per heavy atom. The fourth-order valence-electron chi connectivity index (χ4n) is 0.790. The van der Waals surface area contributed by atoms with Gasteiger partial charge in [0.2, 0.25) is 0 Å². The molecule has 0 unspecified atom stereocenters. The van der Waals surface area contributed by atoms with Gasteiger partial charge in [-0.3, -0.25) is 0 Å². The molecule has 1 nitrogen and oxygen atoms in total. The fraction of sp³-hybridized carbons (Fsp3) is 1.00. The van der Waals surface area contributed by atoms with Gasteiger partial charge in [0.1, 0.15) is 0 Å². The lowest BCUT2D eigenvalue weighted by atomic mass is 10.1. The van der Waals surface area contributed by atoms with Gasteiger partial charge in [-0.25, -0.2) is 0 Å². The van der Waals surface area contributed by atoms with Crippen molar-refractivity contribution in [1.82, 2.24) is 4.90 Å². The van der Waals surface area contributed by atoms with Crippen molar-refractivity contribution < 1.29 is 0 Å². The van der Waals surface area contributed by atoms with Crippen LogP contribution in [0.3, 0.4) is 0 Å². The molecule has 0 rings (SSSR count). The maximum atomic E-state index is 2.36. The predicted molar refractivity (Wildman–Crippen MR) is 54.0 cm³/mol. The first-order valence-electron chi connectivity index (χ1n) is 4.89. The summed E-state index contributed by atoms with van der Waals surface area (Å²) in [6.07, 6.45) is 1.30. The van der Waals surface area contributed by atoms with Gasteiger partial charge in [-0.1, -0.05) is 41.0 Å². The van der Waals surface area contributed by atoms with E-state index in [1.54, 1.807) is 0 Å². The van der Waals surface area contributed by atoms with Gasteiger partial charge >= 0.3 is 0 Å². The molecule has 0 saturated carbocycles. The molecule has 0 aliphatic carbocycles. The maximum absolute atomic E-state index is 2.36. The van der Waals surface area contributed by atoms with Crippen molar-refractivity contribution >= 4 is 0 Å². The average molecular weight is 159 g/mol. The van der Waals surface area contributed by atoms with Gasteiger partial charge in [-0.05, 0) is 19.5 Å². The second-order valence-electron chi connectivity index (χ2n) is 2.87. The Morgan fingerprint density at radius 2 is 1.64 bits per heavy atom. The molecule has 1 atom stereocenters. The molecule has 0 saturated heterocycles. The molecule has 0 aliphatic rings. The summed E-state index contributed by atoms with van der Waals surface area (Å²) in [6, 6.07) is 0. The highest BCUT2D eigenvalue weighted by atomic mass is 15.1. The van der Waals surface area contributed by atoms with Crippen LogP contribution in [-0.2, 0) is 0 Å². The molecule has 1 heteroatoms. The van der Waals surface area contributed by atoms with Gasteiger partial charge in [-0.2, -0.15) is 0 Å². The Bertz CT molecular complexity index is 53.9. The molecular weight excluding hydrogens is 134 g/mol. The van der Waals surface area contributed by atoms with Crippen LogP contribution in [0.15, 0.2) is 0 Å². The van der Waals surface area contributed by atoms with E-state index in [4.69, 9.17) is 0 Å². The standard InChI is InChI=1S/C8H19N.C2H6/c1-5-8(3)7-9(4)6-2;1-2/h8H,5-7H2,1-4H3;1-2H3/t8-;/m1./s1. The molecule has 11 heavy (non-hydrogen) atoms. The first-order valence-corrected chi connectivity index (χ1v) is 4.89. The summed E-state index contributed by atoms with van der Waals surface area (Å²) < 4.78 is 0. The Morgan fingerprint density at radius 3 is 1.91 bits per heavy atom. The van der Waals surface area contributed by atoms with Gasteiger partial charge in [0.05, 0.1) is 0 Å². The average Bonchev–Trinajstić information content (AvgIpc) is 2.07. The molecular formula is C10H25N. The summed E-state index contributed by atoms with van der Waals surface area (Å²) in [4.78, 5) is 2.36. The van der Waals surface area contributed by atoms with E-state index in [9.17, 15) is 0 Å². The Hall–Kier alpha value is -0.0400. The third kappa shape index (κ3) is 9.96. The molecule has 0 bridgehead atoms. The molecule has 0 spiro atoms.